The summed E-state index contributed by atoms with van der Waals surface area (Å²) in [6.45, 7) is 4.25. The molecule has 0 N–H and O–H groups in total. The zero-order valence-corrected chi connectivity index (χ0v) is 12.3. The lowest BCUT2D eigenvalue weighted by Crippen LogP contribution is -2.36. The van der Waals surface area contributed by atoms with Crippen LogP contribution in [-0.2, 0) is 14.3 Å². The third kappa shape index (κ3) is 6.25. The lowest BCUT2D eigenvalue weighted by Gasteiger charge is -2.19. The Bertz CT molecular complexity index is 478. The number of amides is 1. The van der Waals surface area contributed by atoms with Crippen molar-refractivity contribution in [1.82, 2.24) is 4.90 Å². The van der Waals surface area contributed by atoms with Crippen molar-refractivity contribution in [3.05, 3.63) is 30.1 Å². The molecule has 1 aromatic rings. The van der Waals surface area contributed by atoms with Crippen LogP contribution in [0.3, 0.4) is 0 Å². The van der Waals surface area contributed by atoms with Crippen LogP contribution in [-0.4, -0.2) is 43.1 Å². The smallest absolute Gasteiger partial charge is 0.325 e. The molecule has 0 fully saturated rings. The summed E-state index contributed by atoms with van der Waals surface area (Å²) in [5.74, 6) is -0.659. The average molecular weight is 297 g/mol. The number of hydrogen-bond acceptors (Lipinski definition) is 4. The number of rotatable bonds is 8. The molecule has 0 unspecified atom stereocenters. The van der Waals surface area contributed by atoms with Gasteiger partial charge in [-0.3, -0.25) is 9.59 Å². The monoisotopic (exact) mass is 297 g/mol. The highest BCUT2D eigenvalue weighted by atomic mass is 19.1. The first-order valence-corrected chi connectivity index (χ1v) is 6.88. The van der Waals surface area contributed by atoms with Crippen LogP contribution in [0, 0.1) is 5.82 Å². The fraction of sp³-hybridized carbons (Fsp3) is 0.467. The van der Waals surface area contributed by atoms with E-state index in [0.29, 0.717) is 12.3 Å². The first-order valence-electron chi connectivity index (χ1n) is 6.88. The van der Waals surface area contributed by atoms with E-state index in [1.807, 2.05) is 0 Å². The highest BCUT2D eigenvalue weighted by Gasteiger charge is 2.16. The maximum atomic E-state index is 12.9. The summed E-state index contributed by atoms with van der Waals surface area (Å²) in [4.78, 5) is 24.7. The minimum absolute atomic E-state index is 0.0663. The van der Waals surface area contributed by atoms with Gasteiger partial charge in [-0.25, -0.2) is 4.39 Å². The van der Waals surface area contributed by atoms with E-state index < -0.39 is 11.8 Å². The summed E-state index contributed by atoms with van der Waals surface area (Å²) in [6, 6.07) is 5.71. The molecule has 21 heavy (non-hydrogen) atoms. The number of carbonyl (C=O) groups is 2. The molecule has 0 aliphatic rings. The van der Waals surface area contributed by atoms with Crippen molar-refractivity contribution < 1.29 is 23.5 Å². The quantitative estimate of drug-likeness (QED) is 0.689. The minimum Gasteiger partial charge on any atom is -0.493 e. The maximum Gasteiger partial charge on any atom is 0.325 e. The van der Waals surface area contributed by atoms with E-state index in [-0.39, 0.29) is 32.1 Å². The number of hydrogen-bond donors (Lipinski definition) is 0. The van der Waals surface area contributed by atoms with Crippen molar-refractivity contribution >= 4 is 11.9 Å². The van der Waals surface area contributed by atoms with Gasteiger partial charge in [0, 0.05) is 12.6 Å². The summed E-state index contributed by atoms with van der Waals surface area (Å²) in [6.07, 6.45) is 0.115. The van der Waals surface area contributed by atoms with Crippen molar-refractivity contribution in [3.63, 3.8) is 0 Å². The van der Waals surface area contributed by atoms with Crippen molar-refractivity contribution in [3.8, 4) is 5.75 Å². The topological polar surface area (TPSA) is 55.8 Å². The Morgan fingerprint density at radius 1 is 1.29 bits per heavy atom. The van der Waals surface area contributed by atoms with Gasteiger partial charge in [0.1, 0.15) is 18.1 Å². The molecule has 5 nitrogen and oxygen atoms in total. The first kappa shape index (κ1) is 16.9. The Morgan fingerprint density at radius 2 is 2.05 bits per heavy atom. The summed E-state index contributed by atoms with van der Waals surface area (Å²) in [5, 5.41) is 0. The fourth-order valence-corrected chi connectivity index (χ4v) is 1.71. The standard InChI is InChI=1S/C15H20FNO4/c1-3-17(11-15(19)20-4-2)14(18)8-9-21-13-7-5-6-12(16)10-13/h5-7,10H,3-4,8-9,11H2,1-2H3. The second-order valence-electron chi connectivity index (χ2n) is 4.27. The third-order valence-electron chi connectivity index (χ3n) is 2.74. The lowest BCUT2D eigenvalue weighted by atomic mass is 10.3. The number of esters is 1. The van der Waals surface area contributed by atoms with Crippen molar-refractivity contribution in [2.45, 2.75) is 20.3 Å². The summed E-state index contributed by atoms with van der Waals surface area (Å²) in [5.41, 5.74) is 0. The van der Waals surface area contributed by atoms with Gasteiger partial charge < -0.3 is 14.4 Å². The third-order valence-corrected chi connectivity index (χ3v) is 2.74. The van der Waals surface area contributed by atoms with Gasteiger partial charge in [0.05, 0.1) is 19.6 Å². The van der Waals surface area contributed by atoms with Crippen molar-refractivity contribution in [1.29, 1.82) is 0 Å². The lowest BCUT2D eigenvalue weighted by molar-refractivity contribution is -0.149. The molecule has 0 aliphatic heterocycles. The molecule has 1 aromatic carbocycles. The molecule has 0 bridgehead atoms. The highest BCUT2D eigenvalue weighted by Crippen LogP contribution is 2.12. The van der Waals surface area contributed by atoms with Gasteiger partial charge in [-0.1, -0.05) is 6.07 Å². The van der Waals surface area contributed by atoms with Crippen LogP contribution in [0.1, 0.15) is 20.3 Å². The normalized spacial score (nSPS) is 10.0. The van der Waals surface area contributed by atoms with Crippen molar-refractivity contribution in [2.24, 2.45) is 0 Å². The molecule has 116 valence electrons. The molecule has 1 rings (SSSR count). The summed E-state index contributed by atoms with van der Waals surface area (Å²) in [7, 11) is 0. The second-order valence-corrected chi connectivity index (χ2v) is 4.27. The number of benzene rings is 1. The Morgan fingerprint density at radius 3 is 2.67 bits per heavy atom. The Balaban J connectivity index is 2.38. The van der Waals surface area contributed by atoms with Gasteiger partial charge in [0.2, 0.25) is 5.91 Å². The van der Waals surface area contributed by atoms with Gasteiger partial charge in [-0.15, -0.1) is 0 Å². The molecule has 6 heteroatoms. The van der Waals surface area contributed by atoms with Gasteiger partial charge in [0.25, 0.3) is 0 Å². The van der Waals surface area contributed by atoms with E-state index in [9.17, 15) is 14.0 Å². The van der Waals surface area contributed by atoms with E-state index in [1.54, 1.807) is 19.9 Å². The van der Waals surface area contributed by atoms with E-state index in [0.717, 1.165) is 0 Å². The van der Waals surface area contributed by atoms with E-state index >= 15 is 0 Å². The fourth-order valence-electron chi connectivity index (χ4n) is 1.71. The van der Waals surface area contributed by atoms with Crippen LogP contribution >= 0.6 is 0 Å². The zero-order valence-electron chi connectivity index (χ0n) is 12.3. The summed E-state index contributed by atoms with van der Waals surface area (Å²) >= 11 is 0. The molecular formula is C15H20FNO4. The Kier molecular flexibility index (Phi) is 7.21. The van der Waals surface area contributed by atoms with Gasteiger partial charge in [0.15, 0.2) is 0 Å². The largest absolute Gasteiger partial charge is 0.493 e. The van der Waals surface area contributed by atoms with E-state index in [2.05, 4.69) is 0 Å². The van der Waals surface area contributed by atoms with Crippen LogP contribution in [0.25, 0.3) is 0 Å². The Hall–Kier alpha value is -2.11. The zero-order chi connectivity index (χ0) is 15.7. The van der Waals surface area contributed by atoms with Crippen molar-refractivity contribution in [2.75, 3.05) is 26.3 Å². The van der Waals surface area contributed by atoms with Gasteiger partial charge in [-0.2, -0.15) is 0 Å². The maximum absolute atomic E-state index is 12.9. The van der Waals surface area contributed by atoms with Crippen LogP contribution in [0.15, 0.2) is 24.3 Å². The molecule has 0 spiro atoms. The van der Waals surface area contributed by atoms with Crippen LogP contribution < -0.4 is 4.74 Å². The average Bonchev–Trinajstić information content (AvgIpc) is 2.45. The molecule has 0 aromatic heterocycles. The number of carbonyl (C=O) groups excluding carboxylic acids is 2. The highest BCUT2D eigenvalue weighted by molar-refractivity contribution is 5.82. The van der Waals surface area contributed by atoms with Gasteiger partial charge in [-0.05, 0) is 26.0 Å². The van der Waals surface area contributed by atoms with E-state index in [4.69, 9.17) is 9.47 Å². The molecular weight excluding hydrogens is 277 g/mol. The molecule has 0 aliphatic carbocycles. The van der Waals surface area contributed by atoms with E-state index in [1.165, 1.54) is 23.1 Å². The molecule has 1 amide bonds. The Labute approximate surface area is 123 Å². The minimum atomic E-state index is -0.432. The number of likely N-dealkylation sites (N-methyl/N-ethyl adjacent to an activating group) is 1. The molecule has 0 saturated carbocycles. The number of nitrogens with zero attached hydrogens (tertiary/aromatic N) is 1. The number of halogens is 1. The van der Waals surface area contributed by atoms with Crippen LogP contribution in [0.4, 0.5) is 4.39 Å². The predicted molar refractivity (Wildman–Crippen MR) is 75.4 cm³/mol. The van der Waals surface area contributed by atoms with Crippen LogP contribution in [0.5, 0.6) is 5.75 Å². The number of ether oxygens (including phenoxy) is 2. The predicted octanol–water partition coefficient (Wildman–Crippen LogP) is 2.01. The molecule has 0 radical (unpaired) electrons. The van der Waals surface area contributed by atoms with Crippen LogP contribution in [0.2, 0.25) is 0 Å². The molecule has 0 saturated heterocycles. The van der Waals surface area contributed by atoms with Gasteiger partial charge >= 0.3 is 5.97 Å². The summed E-state index contributed by atoms with van der Waals surface area (Å²) < 4.78 is 23.1. The second kappa shape index (κ2) is 8.94. The molecule has 0 atom stereocenters. The molecule has 0 heterocycles. The SMILES string of the molecule is CCOC(=O)CN(CC)C(=O)CCOc1cccc(F)c1. The first-order chi connectivity index (χ1) is 10.1.